The topological polar surface area (TPSA) is 43.4 Å². The fourth-order valence-corrected chi connectivity index (χ4v) is 3.63. The Bertz CT molecular complexity index is 336. The third kappa shape index (κ3) is 21.9. The highest BCUT2D eigenvalue weighted by molar-refractivity contribution is 8.14. The molecule has 0 atom stereocenters. The Hall–Kier alpha value is -0.0831. The highest BCUT2D eigenvalue weighted by Crippen LogP contribution is 2.11. The lowest BCUT2D eigenvalue weighted by atomic mass is 10.1. The number of hydrogen-bond acceptors (Lipinski definition) is 3. The monoisotopic (exact) mass is 378 g/mol. The molecule has 0 spiro atoms. The Morgan fingerprint density at radius 2 is 1.17 bits per heavy atom. The molecule has 0 amide bonds. The average molecular weight is 379 g/mol. The van der Waals surface area contributed by atoms with E-state index in [0.717, 1.165) is 12.8 Å². The first kappa shape index (κ1) is 25.2. The van der Waals surface area contributed by atoms with Gasteiger partial charge in [-0.3, -0.25) is 4.18 Å². The number of hydrogen-bond donors (Lipinski definition) is 0. The highest BCUT2D eigenvalue weighted by Gasteiger charge is 2.17. The van der Waals surface area contributed by atoms with Crippen LogP contribution in [0.4, 0.5) is 13.2 Å². The molecule has 0 radical (unpaired) electrons. The quantitative estimate of drug-likeness (QED) is 0.318. The maximum Gasteiger partial charge on any atom is 0.379 e. The zero-order valence-electron chi connectivity index (χ0n) is 14.7. The molecule has 0 aliphatic heterocycles. The smallest absolute Gasteiger partial charge is 0.276 e. The fraction of sp³-hybridized carbons (Fsp3) is 1.00. The summed E-state index contributed by atoms with van der Waals surface area (Å²) in [7, 11) is -4.88. The minimum Gasteiger partial charge on any atom is -0.276 e. The van der Waals surface area contributed by atoms with Gasteiger partial charge in [-0.05, 0) is 6.42 Å². The van der Waals surface area contributed by atoms with Gasteiger partial charge in [-0.2, -0.15) is 13.2 Å². The van der Waals surface area contributed by atoms with E-state index in [4.69, 9.17) is 4.18 Å². The van der Waals surface area contributed by atoms with E-state index in [-0.39, 0.29) is 0 Å². The SMILES string of the molecule is CCCCCCCCCCCCOS(=O)(=O)[SiH](C)C.FC(F)F. The zero-order chi connectivity index (χ0) is 18.1. The van der Waals surface area contributed by atoms with Crippen molar-refractivity contribution in [3.63, 3.8) is 0 Å². The first-order chi connectivity index (χ1) is 10.7. The fourth-order valence-electron chi connectivity index (χ4n) is 1.90. The molecular weight excluding hydrogens is 345 g/mol. The molecule has 0 unspecified atom stereocenters. The van der Waals surface area contributed by atoms with Crippen molar-refractivity contribution in [2.45, 2.75) is 90.9 Å². The van der Waals surface area contributed by atoms with E-state index in [1.165, 1.54) is 51.4 Å². The van der Waals surface area contributed by atoms with E-state index < -0.39 is 24.2 Å². The van der Waals surface area contributed by atoms with Crippen molar-refractivity contribution < 1.29 is 25.8 Å². The molecule has 0 fully saturated rings. The number of alkyl halides is 3. The van der Waals surface area contributed by atoms with Crippen molar-refractivity contribution in [2.24, 2.45) is 0 Å². The normalized spacial score (nSPS) is 11.7. The van der Waals surface area contributed by atoms with Crippen molar-refractivity contribution in [1.82, 2.24) is 0 Å². The minimum absolute atomic E-state index is 0.379. The molecule has 8 heteroatoms. The summed E-state index contributed by atoms with van der Waals surface area (Å²) in [6, 6.07) is 0. The van der Waals surface area contributed by atoms with Gasteiger partial charge >= 0.3 is 6.68 Å². The van der Waals surface area contributed by atoms with Gasteiger partial charge in [0.2, 0.25) is 17.5 Å². The lowest BCUT2D eigenvalue weighted by Crippen LogP contribution is -2.21. The van der Waals surface area contributed by atoms with Crippen LogP contribution in [0.25, 0.3) is 0 Å². The van der Waals surface area contributed by atoms with Gasteiger partial charge in [0.25, 0.3) is 0 Å². The zero-order valence-corrected chi connectivity index (χ0v) is 16.7. The Morgan fingerprint density at radius 3 is 1.52 bits per heavy atom. The molecule has 0 bridgehead atoms. The Balaban J connectivity index is 0. The molecule has 0 aliphatic carbocycles. The van der Waals surface area contributed by atoms with E-state index in [0.29, 0.717) is 6.61 Å². The first-order valence-electron chi connectivity index (χ1n) is 8.54. The summed E-state index contributed by atoms with van der Waals surface area (Å²) in [5.74, 6) is 0. The van der Waals surface area contributed by atoms with E-state index in [1.807, 2.05) is 0 Å². The lowest BCUT2D eigenvalue weighted by Gasteiger charge is -2.07. The van der Waals surface area contributed by atoms with Gasteiger partial charge in [0.05, 0.1) is 6.61 Å². The van der Waals surface area contributed by atoms with E-state index in [1.54, 1.807) is 13.1 Å². The Kier molecular flexibility index (Phi) is 18.3. The summed E-state index contributed by atoms with van der Waals surface area (Å²) < 4.78 is 56.9. The second-order valence-electron chi connectivity index (χ2n) is 5.79. The molecule has 0 saturated carbocycles. The van der Waals surface area contributed by atoms with E-state index in [9.17, 15) is 21.6 Å². The van der Waals surface area contributed by atoms with Crippen LogP contribution < -0.4 is 0 Å². The molecule has 142 valence electrons. The molecule has 0 saturated heterocycles. The van der Waals surface area contributed by atoms with Crippen LogP contribution in [0.5, 0.6) is 0 Å². The summed E-state index contributed by atoms with van der Waals surface area (Å²) in [6.07, 6.45) is 12.5. The second-order valence-corrected chi connectivity index (χ2v) is 13.7. The van der Waals surface area contributed by atoms with Gasteiger partial charge < -0.3 is 0 Å². The van der Waals surface area contributed by atoms with Crippen LogP contribution in [-0.4, -0.2) is 29.7 Å². The maximum absolute atomic E-state index is 11.4. The molecule has 0 aliphatic rings. The van der Waals surface area contributed by atoms with Crippen LogP contribution in [-0.2, 0) is 13.8 Å². The molecule has 0 aromatic heterocycles. The van der Waals surface area contributed by atoms with Gasteiger partial charge in [-0.25, -0.2) is 8.42 Å². The van der Waals surface area contributed by atoms with Crippen molar-refractivity contribution in [3.8, 4) is 0 Å². The number of unbranched alkanes of at least 4 members (excludes halogenated alkanes) is 9. The largest absolute Gasteiger partial charge is 0.379 e. The predicted octanol–water partition coefficient (Wildman–Crippen LogP) is 5.42. The number of rotatable bonds is 13. The molecule has 3 nitrogen and oxygen atoms in total. The Morgan fingerprint density at radius 1 is 0.826 bits per heavy atom. The van der Waals surface area contributed by atoms with Crippen LogP contribution in [0, 0.1) is 0 Å². The van der Waals surface area contributed by atoms with Crippen molar-refractivity contribution in [2.75, 3.05) is 6.61 Å². The minimum atomic E-state index is -3.67. The Labute approximate surface area is 141 Å². The van der Waals surface area contributed by atoms with Crippen LogP contribution >= 0.6 is 0 Å². The molecule has 0 N–H and O–H groups in total. The highest BCUT2D eigenvalue weighted by atomic mass is 32.4. The molecule has 23 heavy (non-hydrogen) atoms. The predicted molar refractivity (Wildman–Crippen MR) is 92.7 cm³/mol. The van der Waals surface area contributed by atoms with Gasteiger partial charge in [0.15, 0.2) is 0 Å². The van der Waals surface area contributed by atoms with E-state index in [2.05, 4.69) is 6.92 Å². The summed E-state index contributed by atoms with van der Waals surface area (Å²) in [5.41, 5.74) is 0. The molecule has 0 heterocycles. The summed E-state index contributed by atoms with van der Waals surface area (Å²) >= 11 is 0. The maximum atomic E-state index is 11.4. The number of halogens is 3. The average Bonchev–Trinajstić information content (AvgIpc) is 2.44. The van der Waals surface area contributed by atoms with Crippen molar-refractivity contribution >= 4 is 17.5 Å². The lowest BCUT2D eigenvalue weighted by molar-refractivity contribution is 0.00819. The first-order valence-corrected chi connectivity index (χ1v) is 13.7. The van der Waals surface area contributed by atoms with Gasteiger partial charge in [0.1, 0.15) is 0 Å². The summed E-state index contributed by atoms with van der Waals surface area (Å²) in [4.78, 5) is 0. The van der Waals surface area contributed by atoms with Crippen LogP contribution in [0.1, 0.15) is 71.1 Å². The molecule has 0 rings (SSSR count). The van der Waals surface area contributed by atoms with Crippen molar-refractivity contribution in [3.05, 3.63) is 0 Å². The molecule has 0 aromatic rings. The van der Waals surface area contributed by atoms with Crippen molar-refractivity contribution in [1.29, 1.82) is 0 Å². The van der Waals surface area contributed by atoms with Gasteiger partial charge in [-0.1, -0.05) is 77.8 Å². The van der Waals surface area contributed by atoms with E-state index >= 15 is 0 Å². The molecule has 0 aromatic carbocycles. The third-order valence-electron chi connectivity index (χ3n) is 3.32. The summed E-state index contributed by atoms with van der Waals surface area (Å²) in [5, 5.41) is 0. The second kappa shape index (κ2) is 16.8. The van der Waals surface area contributed by atoms with Crippen LogP contribution in [0.15, 0.2) is 0 Å². The third-order valence-corrected chi connectivity index (χ3v) is 8.85. The van der Waals surface area contributed by atoms with Gasteiger partial charge in [0, 0.05) is 0 Å². The van der Waals surface area contributed by atoms with Crippen LogP contribution in [0.3, 0.4) is 0 Å². The van der Waals surface area contributed by atoms with Crippen LogP contribution in [0.2, 0.25) is 13.1 Å². The standard InChI is InChI=1S/C14H32O3SSi.CHF3/c1-4-5-6-7-8-9-10-11-12-13-14-17-18(15,16)19(2)3;2-1(3)4/h19H,4-14H2,1-3H3;1H. The summed E-state index contributed by atoms with van der Waals surface area (Å²) in [6.45, 7) is 2.52. The van der Waals surface area contributed by atoms with Gasteiger partial charge in [-0.15, -0.1) is 0 Å². The molecular formula is C15H33F3O3SSi.